The van der Waals surface area contributed by atoms with Gasteiger partial charge in [0.05, 0.1) is 11.3 Å². The predicted molar refractivity (Wildman–Crippen MR) is 64.1 cm³/mol. The molecule has 0 heterocycles. The molecule has 0 bridgehead atoms. The van der Waals surface area contributed by atoms with Gasteiger partial charge >= 0.3 is 0 Å². The van der Waals surface area contributed by atoms with Crippen molar-refractivity contribution in [1.82, 2.24) is 5.32 Å². The highest BCUT2D eigenvalue weighted by molar-refractivity contribution is 5.99. The maximum Gasteiger partial charge on any atom is 0.253 e. The molecule has 0 aromatic heterocycles. The zero-order valence-corrected chi connectivity index (χ0v) is 9.42. The van der Waals surface area contributed by atoms with Gasteiger partial charge in [0.1, 0.15) is 0 Å². The number of nitrogen functional groups attached to an aromatic ring is 1. The first kappa shape index (κ1) is 11.0. The Balaban J connectivity index is 2.14. The van der Waals surface area contributed by atoms with Gasteiger partial charge in [0.2, 0.25) is 0 Å². The Labute approximate surface area is 95.2 Å². The van der Waals surface area contributed by atoms with Gasteiger partial charge in [-0.2, -0.15) is 0 Å². The number of aryl methyl sites for hydroxylation is 1. The zero-order chi connectivity index (χ0) is 11.5. The fraction of sp³-hybridized carbons (Fsp3) is 0.417. The lowest BCUT2D eigenvalue weighted by Gasteiger charge is -2.26. The summed E-state index contributed by atoms with van der Waals surface area (Å²) in [6, 6.07) is 5.93. The molecule has 1 aliphatic rings. The van der Waals surface area contributed by atoms with Crippen LogP contribution in [0.4, 0.5) is 5.69 Å². The smallest absolute Gasteiger partial charge is 0.253 e. The standard InChI is InChI=1S/C12H17N3O/c1-8-5-6-10(11(7-8)15-13)12(16)14-9-3-2-4-9/h5-7,9,15H,2-4,13H2,1H3,(H,14,16). The average molecular weight is 219 g/mol. The average Bonchev–Trinajstić information content (AvgIpc) is 2.23. The summed E-state index contributed by atoms with van der Waals surface area (Å²) in [5, 5.41) is 2.99. The second-order valence-electron chi connectivity index (χ2n) is 4.29. The normalized spacial score (nSPS) is 15.4. The predicted octanol–water partition coefficient (Wildman–Crippen LogP) is 1.56. The zero-order valence-electron chi connectivity index (χ0n) is 9.42. The molecule has 4 N–H and O–H groups in total. The minimum absolute atomic E-state index is 0.0438. The molecule has 1 amide bonds. The van der Waals surface area contributed by atoms with Crippen LogP contribution in [0.1, 0.15) is 35.2 Å². The van der Waals surface area contributed by atoms with Crippen LogP contribution in [0.3, 0.4) is 0 Å². The number of amides is 1. The van der Waals surface area contributed by atoms with E-state index in [0.717, 1.165) is 18.4 Å². The van der Waals surface area contributed by atoms with Gasteiger partial charge in [-0.25, -0.2) is 0 Å². The molecule has 2 rings (SSSR count). The van der Waals surface area contributed by atoms with Crippen LogP contribution in [-0.4, -0.2) is 11.9 Å². The van der Waals surface area contributed by atoms with Crippen molar-refractivity contribution in [2.75, 3.05) is 5.43 Å². The highest BCUT2D eigenvalue weighted by Crippen LogP contribution is 2.21. The molecule has 1 aromatic rings. The van der Waals surface area contributed by atoms with Crippen molar-refractivity contribution >= 4 is 11.6 Å². The van der Waals surface area contributed by atoms with Gasteiger partial charge in [-0.05, 0) is 43.9 Å². The van der Waals surface area contributed by atoms with Crippen LogP contribution in [-0.2, 0) is 0 Å². The second-order valence-corrected chi connectivity index (χ2v) is 4.29. The number of nitrogens with one attached hydrogen (secondary N) is 2. The first-order valence-electron chi connectivity index (χ1n) is 5.59. The second kappa shape index (κ2) is 4.53. The highest BCUT2D eigenvalue weighted by Gasteiger charge is 2.21. The Morgan fingerprint density at radius 3 is 2.75 bits per heavy atom. The fourth-order valence-electron chi connectivity index (χ4n) is 1.79. The molecule has 0 spiro atoms. The molecule has 0 unspecified atom stereocenters. The van der Waals surface area contributed by atoms with Gasteiger partial charge in [-0.3, -0.25) is 10.6 Å². The Kier molecular flexibility index (Phi) is 3.10. The lowest BCUT2D eigenvalue weighted by atomic mass is 9.93. The third kappa shape index (κ3) is 2.17. The quantitative estimate of drug-likeness (QED) is 0.534. The maximum absolute atomic E-state index is 11.9. The molecular weight excluding hydrogens is 202 g/mol. The van der Waals surface area contributed by atoms with E-state index in [2.05, 4.69) is 10.7 Å². The van der Waals surface area contributed by atoms with E-state index in [1.54, 1.807) is 6.07 Å². The Morgan fingerprint density at radius 1 is 1.44 bits per heavy atom. The van der Waals surface area contributed by atoms with Crippen LogP contribution < -0.4 is 16.6 Å². The number of nitrogens with two attached hydrogens (primary N) is 1. The van der Waals surface area contributed by atoms with Gasteiger partial charge < -0.3 is 10.7 Å². The van der Waals surface area contributed by atoms with E-state index in [4.69, 9.17) is 5.84 Å². The van der Waals surface area contributed by atoms with Crippen molar-refractivity contribution < 1.29 is 4.79 Å². The van der Waals surface area contributed by atoms with E-state index in [0.29, 0.717) is 17.3 Å². The Hall–Kier alpha value is -1.55. The number of rotatable bonds is 3. The van der Waals surface area contributed by atoms with Crippen molar-refractivity contribution in [2.45, 2.75) is 32.2 Å². The van der Waals surface area contributed by atoms with Gasteiger partial charge in [0.25, 0.3) is 5.91 Å². The van der Waals surface area contributed by atoms with Crippen LogP contribution in [0.15, 0.2) is 18.2 Å². The summed E-state index contributed by atoms with van der Waals surface area (Å²) in [7, 11) is 0. The molecule has 0 atom stereocenters. The summed E-state index contributed by atoms with van der Waals surface area (Å²) >= 11 is 0. The number of hydrogen-bond donors (Lipinski definition) is 3. The SMILES string of the molecule is Cc1ccc(C(=O)NC2CCC2)c(NN)c1. The molecule has 0 aliphatic heterocycles. The number of carbonyl (C=O) groups excluding carboxylic acids is 1. The molecule has 4 nitrogen and oxygen atoms in total. The lowest BCUT2D eigenvalue weighted by Crippen LogP contribution is -2.39. The fourth-order valence-corrected chi connectivity index (χ4v) is 1.79. The first-order chi connectivity index (χ1) is 7.70. The third-order valence-corrected chi connectivity index (χ3v) is 3.02. The van der Waals surface area contributed by atoms with Crippen LogP contribution in [0.5, 0.6) is 0 Å². The Bertz CT molecular complexity index is 399. The lowest BCUT2D eigenvalue weighted by molar-refractivity contribution is 0.0918. The van der Waals surface area contributed by atoms with Gasteiger partial charge in [0.15, 0.2) is 0 Å². The van der Waals surface area contributed by atoms with Crippen molar-refractivity contribution in [1.29, 1.82) is 0 Å². The van der Waals surface area contributed by atoms with Crippen molar-refractivity contribution in [2.24, 2.45) is 5.84 Å². The molecule has 16 heavy (non-hydrogen) atoms. The molecule has 1 aliphatic carbocycles. The molecule has 1 fully saturated rings. The van der Waals surface area contributed by atoms with Crippen LogP contribution >= 0.6 is 0 Å². The monoisotopic (exact) mass is 219 g/mol. The van der Waals surface area contributed by atoms with Crippen molar-refractivity contribution in [3.63, 3.8) is 0 Å². The number of anilines is 1. The largest absolute Gasteiger partial charge is 0.349 e. The van der Waals surface area contributed by atoms with Crippen LogP contribution in [0, 0.1) is 6.92 Å². The maximum atomic E-state index is 11.9. The molecule has 86 valence electrons. The number of carbonyl (C=O) groups is 1. The van der Waals surface area contributed by atoms with E-state index >= 15 is 0 Å². The summed E-state index contributed by atoms with van der Waals surface area (Å²) in [6.45, 7) is 1.97. The molecular formula is C12H17N3O. The van der Waals surface area contributed by atoms with E-state index in [1.165, 1.54) is 6.42 Å². The highest BCUT2D eigenvalue weighted by atomic mass is 16.1. The summed E-state index contributed by atoms with van der Waals surface area (Å²) in [5.41, 5.74) is 4.93. The number of benzene rings is 1. The molecule has 1 aromatic carbocycles. The third-order valence-electron chi connectivity index (χ3n) is 3.02. The van der Waals surface area contributed by atoms with Crippen molar-refractivity contribution in [3.8, 4) is 0 Å². The first-order valence-corrected chi connectivity index (χ1v) is 5.59. The molecule has 4 heteroatoms. The van der Waals surface area contributed by atoms with E-state index in [-0.39, 0.29) is 5.91 Å². The number of hydrazine groups is 1. The van der Waals surface area contributed by atoms with Gasteiger partial charge in [0, 0.05) is 6.04 Å². The van der Waals surface area contributed by atoms with Gasteiger partial charge in [-0.15, -0.1) is 0 Å². The summed E-state index contributed by atoms with van der Waals surface area (Å²) in [6.07, 6.45) is 3.38. The van der Waals surface area contributed by atoms with Crippen LogP contribution in [0.2, 0.25) is 0 Å². The summed E-state index contributed by atoms with van der Waals surface area (Å²) in [4.78, 5) is 11.9. The summed E-state index contributed by atoms with van der Waals surface area (Å²) in [5.74, 6) is 5.36. The van der Waals surface area contributed by atoms with Crippen molar-refractivity contribution in [3.05, 3.63) is 29.3 Å². The molecule has 1 saturated carbocycles. The Morgan fingerprint density at radius 2 is 2.19 bits per heavy atom. The summed E-state index contributed by atoms with van der Waals surface area (Å²) < 4.78 is 0. The number of hydrogen-bond acceptors (Lipinski definition) is 3. The van der Waals surface area contributed by atoms with Gasteiger partial charge in [-0.1, -0.05) is 6.07 Å². The van der Waals surface area contributed by atoms with E-state index < -0.39 is 0 Å². The van der Waals surface area contributed by atoms with Crippen LogP contribution in [0.25, 0.3) is 0 Å². The topological polar surface area (TPSA) is 67.2 Å². The molecule has 0 saturated heterocycles. The van der Waals surface area contributed by atoms with E-state index in [1.807, 2.05) is 19.1 Å². The molecule has 0 radical (unpaired) electrons. The minimum Gasteiger partial charge on any atom is -0.349 e. The van der Waals surface area contributed by atoms with E-state index in [9.17, 15) is 4.79 Å². The minimum atomic E-state index is -0.0438.